The highest BCUT2D eigenvalue weighted by Crippen LogP contribution is 2.27. The Morgan fingerprint density at radius 1 is 1.26 bits per heavy atom. The van der Waals surface area contributed by atoms with Gasteiger partial charge >= 0.3 is 0 Å². The molecule has 23 heavy (non-hydrogen) atoms. The van der Waals surface area contributed by atoms with Crippen molar-refractivity contribution in [2.45, 2.75) is 12.8 Å². The predicted octanol–water partition coefficient (Wildman–Crippen LogP) is 2.28. The largest absolute Gasteiger partial charge is 0.329 e. The molecule has 114 valence electrons. The second kappa shape index (κ2) is 6.71. The van der Waals surface area contributed by atoms with E-state index in [9.17, 15) is 10.1 Å². The summed E-state index contributed by atoms with van der Waals surface area (Å²) >= 11 is 0. The Kier molecular flexibility index (Phi) is 4.29. The van der Waals surface area contributed by atoms with E-state index in [1.165, 1.54) is 6.20 Å². The first-order valence-corrected chi connectivity index (χ1v) is 7.33. The summed E-state index contributed by atoms with van der Waals surface area (Å²) in [4.78, 5) is 22.3. The molecule has 0 fully saturated rings. The Morgan fingerprint density at radius 2 is 2.04 bits per heavy atom. The first kappa shape index (κ1) is 14.7. The van der Waals surface area contributed by atoms with Crippen molar-refractivity contribution >= 4 is 17.5 Å². The number of hydrogen-bond acceptors (Lipinski definition) is 5. The molecule has 2 heterocycles. The van der Waals surface area contributed by atoms with Gasteiger partial charge in [-0.1, -0.05) is 18.2 Å². The highest BCUT2D eigenvalue weighted by Gasteiger charge is 2.24. The molecule has 3 rings (SSSR count). The fraction of sp³-hybridized carbons (Fsp3) is 0.176. The van der Waals surface area contributed by atoms with E-state index < -0.39 is 0 Å². The summed E-state index contributed by atoms with van der Waals surface area (Å²) in [6, 6.07) is 11.4. The standard InChI is InChI=1S/C17H15N5O/c18-11-14(12-21-17-19-8-4-9-20-17)16(23)22-10-3-6-13-5-1-2-7-15(13)22/h1-2,4-5,7-9,12H,3,6,10H2,(H,19,20,21)/b14-12-. The fourth-order valence-corrected chi connectivity index (χ4v) is 2.54. The number of carbonyl (C=O) groups is 1. The number of nitrogens with zero attached hydrogens (tertiary/aromatic N) is 4. The summed E-state index contributed by atoms with van der Waals surface area (Å²) in [6.07, 6.45) is 6.35. The van der Waals surface area contributed by atoms with Crippen LogP contribution in [0.5, 0.6) is 0 Å². The monoisotopic (exact) mass is 305 g/mol. The van der Waals surface area contributed by atoms with Crippen molar-refractivity contribution in [1.82, 2.24) is 9.97 Å². The SMILES string of the molecule is N#C/C(=C/Nc1ncccn1)C(=O)N1CCCc2ccccc21. The van der Waals surface area contributed by atoms with Crippen LogP contribution < -0.4 is 10.2 Å². The van der Waals surface area contributed by atoms with Gasteiger partial charge in [-0.25, -0.2) is 9.97 Å². The van der Waals surface area contributed by atoms with Gasteiger partial charge in [-0.05, 0) is 30.5 Å². The molecule has 1 amide bonds. The Labute approximate surface area is 134 Å². The summed E-state index contributed by atoms with van der Waals surface area (Å²) in [7, 11) is 0. The molecule has 0 aliphatic carbocycles. The normalized spacial score (nSPS) is 13.9. The number of benzene rings is 1. The molecular formula is C17H15N5O. The summed E-state index contributed by atoms with van der Waals surface area (Å²) in [5.41, 5.74) is 2.03. The Balaban J connectivity index is 1.83. The van der Waals surface area contributed by atoms with Crippen LogP contribution in [0.3, 0.4) is 0 Å². The second-order valence-corrected chi connectivity index (χ2v) is 5.08. The maximum atomic E-state index is 12.7. The van der Waals surface area contributed by atoms with E-state index in [0.29, 0.717) is 12.5 Å². The summed E-state index contributed by atoms with van der Waals surface area (Å²) in [5.74, 6) is 0.0233. The topological polar surface area (TPSA) is 81.9 Å². The number of anilines is 2. The number of fused-ring (bicyclic) bond motifs is 1. The van der Waals surface area contributed by atoms with Gasteiger partial charge in [0.2, 0.25) is 5.95 Å². The van der Waals surface area contributed by atoms with Crippen molar-refractivity contribution in [2.24, 2.45) is 0 Å². The Hall–Kier alpha value is -3.20. The van der Waals surface area contributed by atoms with Gasteiger partial charge in [0.05, 0.1) is 0 Å². The van der Waals surface area contributed by atoms with Crippen molar-refractivity contribution in [3.8, 4) is 6.07 Å². The van der Waals surface area contributed by atoms with E-state index in [2.05, 4.69) is 15.3 Å². The highest BCUT2D eigenvalue weighted by molar-refractivity contribution is 6.09. The zero-order chi connectivity index (χ0) is 16.1. The van der Waals surface area contributed by atoms with Gasteiger partial charge in [0.25, 0.3) is 5.91 Å². The zero-order valence-corrected chi connectivity index (χ0v) is 12.4. The van der Waals surface area contributed by atoms with Crippen LogP contribution in [0, 0.1) is 11.3 Å². The average Bonchev–Trinajstić information content (AvgIpc) is 2.62. The van der Waals surface area contributed by atoms with Crippen LogP contribution in [-0.2, 0) is 11.2 Å². The number of carbonyl (C=O) groups excluding carboxylic acids is 1. The minimum absolute atomic E-state index is 0.0224. The van der Waals surface area contributed by atoms with E-state index in [1.54, 1.807) is 23.4 Å². The first-order chi connectivity index (χ1) is 11.3. The van der Waals surface area contributed by atoms with Gasteiger partial charge < -0.3 is 10.2 Å². The van der Waals surface area contributed by atoms with Gasteiger partial charge in [0.1, 0.15) is 11.6 Å². The van der Waals surface area contributed by atoms with Gasteiger partial charge in [0.15, 0.2) is 0 Å². The van der Waals surface area contributed by atoms with Gasteiger partial charge in [-0.15, -0.1) is 0 Å². The Bertz CT molecular complexity index is 779. The molecule has 2 aromatic rings. The maximum absolute atomic E-state index is 12.7. The lowest BCUT2D eigenvalue weighted by atomic mass is 10.0. The Morgan fingerprint density at radius 3 is 2.83 bits per heavy atom. The van der Waals surface area contributed by atoms with Gasteiger partial charge in [-0.2, -0.15) is 5.26 Å². The zero-order valence-electron chi connectivity index (χ0n) is 12.4. The number of hydrogen-bond donors (Lipinski definition) is 1. The number of nitriles is 1. The molecule has 1 aromatic carbocycles. The molecule has 1 N–H and O–H groups in total. The van der Waals surface area contributed by atoms with Gasteiger partial charge in [0, 0.05) is 30.8 Å². The number of amides is 1. The second-order valence-electron chi connectivity index (χ2n) is 5.08. The molecule has 0 unspecified atom stereocenters. The lowest BCUT2D eigenvalue weighted by Crippen LogP contribution is -2.36. The minimum atomic E-state index is -0.317. The van der Waals surface area contributed by atoms with Crippen LogP contribution in [0.1, 0.15) is 12.0 Å². The molecule has 0 bridgehead atoms. The van der Waals surface area contributed by atoms with Crippen molar-refractivity contribution < 1.29 is 4.79 Å². The van der Waals surface area contributed by atoms with E-state index in [0.717, 1.165) is 24.1 Å². The summed E-state index contributed by atoms with van der Waals surface area (Å²) in [5, 5.41) is 12.1. The van der Waals surface area contributed by atoms with E-state index in [1.807, 2.05) is 30.3 Å². The van der Waals surface area contributed by atoms with E-state index in [-0.39, 0.29) is 11.5 Å². The molecule has 0 saturated heterocycles. The predicted molar refractivity (Wildman–Crippen MR) is 86.5 cm³/mol. The molecule has 0 radical (unpaired) electrons. The number of para-hydroxylation sites is 1. The highest BCUT2D eigenvalue weighted by atomic mass is 16.2. The number of aryl methyl sites for hydroxylation is 1. The molecule has 1 aliphatic heterocycles. The van der Waals surface area contributed by atoms with Crippen LogP contribution in [-0.4, -0.2) is 22.4 Å². The van der Waals surface area contributed by atoms with Crippen LogP contribution in [0.25, 0.3) is 0 Å². The third-order valence-corrected chi connectivity index (χ3v) is 3.62. The molecular weight excluding hydrogens is 290 g/mol. The van der Waals surface area contributed by atoms with Crippen LogP contribution in [0.4, 0.5) is 11.6 Å². The number of rotatable bonds is 3. The van der Waals surface area contributed by atoms with Crippen molar-refractivity contribution in [1.29, 1.82) is 5.26 Å². The molecule has 0 spiro atoms. The van der Waals surface area contributed by atoms with E-state index in [4.69, 9.17) is 0 Å². The minimum Gasteiger partial charge on any atom is -0.329 e. The maximum Gasteiger partial charge on any atom is 0.270 e. The quantitative estimate of drug-likeness (QED) is 0.695. The third-order valence-electron chi connectivity index (χ3n) is 3.62. The van der Waals surface area contributed by atoms with Crippen molar-refractivity contribution in [3.05, 3.63) is 60.1 Å². The lowest BCUT2D eigenvalue weighted by Gasteiger charge is -2.29. The molecule has 0 saturated carbocycles. The molecule has 6 nitrogen and oxygen atoms in total. The summed E-state index contributed by atoms with van der Waals surface area (Å²) in [6.45, 7) is 0.608. The molecule has 1 aromatic heterocycles. The average molecular weight is 305 g/mol. The van der Waals surface area contributed by atoms with Crippen LogP contribution in [0.2, 0.25) is 0 Å². The van der Waals surface area contributed by atoms with Crippen molar-refractivity contribution in [2.75, 3.05) is 16.8 Å². The first-order valence-electron chi connectivity index (χ1n) is 7.33. The molecule has 0 atom stereocenters. The third kappa shape index (κ3) is 3.19. The van der Waals surface area contributed by atoms with Crippen LogP contribution in [0.15, 0.2) is 54.5 Å². The van der Waals surface area contributed by atoms with Crippen LogP contribution >= 0.6 is 0 Å². The van der Waals surface area contributed by atoms with Crippen molar-refractivity contribution in [3.63, 3.8) is 0 Å². The lowest BCUT2D eigenvalue weighted by molar-refractivity contribution is -0.114. The fourth-order valence-electron chi connectivity index (χ4n) is 2.54. The molecule has 6 heteroatoms. The van der Waals surface area contributed by atoms with E-state index >= 15 is 0 Å². The smallest absolute Gasteiger partial charge is 0.270 e. The van der Waals surface area contributed by atoms with Gasteiger partial charge in [-0.3, -0.25) is 4.79 Å². The number of nitrogens with one attached hydrogen (secondary N) is 1. The molecule has 1 aliphatic rings. The number of aromatic nitrogens is 2. The summed E-state index contributed by atoms with van der Waals surface area (Å²) < 4.78 is 0.